The molecule has 100 valence electrons. The topological polar surface area (TPSA) is 20.3 Å². The molecule has 2 bridgehead atoms. The van der Waals surface area contributed by atoms with Gasteiger partial charge in [-0.15, -0.1) is 0 Å². The fraction of sp³-hybridized carbons (Fsp3) is 0.938. The lowest BCUT2D eigenvalue weighted by molar-refractivity contribution is -0.172. The number of hydrogen-bond donors (Lipinski definition) is 0. The maximum absolute atomic E-state index is 12.5. The number of ketones is 1. The number of piperidine rings is 2. The largest absolute Gasteiger partial charge is 0.299 e. The monoisotopic (exact) mass is 247 g/mol. The van der Waals surface area contributed by atoms with E-state index in [1.165, 1.54) is 51.6 Å². The summed E-state index contributed by atoms with van der Waals surface area (Å²) in [7, 11) is 0. The van der Waals surface area contributed by atoms with Crippen LogP contribution < -0.4 is 0 Å². The van der Waals surface area contributed by atoms with Crippen LogP contribution in [0.2, 0.25) is 0 Å². The third kappa shape index (κ3) is 1.31. The van der Waals surface area contributed by atoms with Gasteiger partial charge in [0.15, 0.2) is 0 Å². The average Bonchev–Trinajstić information content (AvgIpc) is 2.33. The Balaban J connectivity index is 1.82. The fourth-order valence-electron chi connectivity index (χ4n) is 6.18. The molecule has 2 heteroatoms. The summed E-state index contributed by atoms with van der Waals surface area (Å²) in [5.74, 6) is 3.43. The first kappa shape index (κ1) is 11.5. The highest BCUT2D eigenvalue weighted by molar-refractivity contribution is 5.84. The Morgan fingerprint density at radius 3 is 2.83 bits per heavy atom. The Labute approximate surface area is 110 Å². The Bertz CT molecular complexity index is 377. The molecule has 4 rings (SSSR count). The second kappa shape index (κ2) is 3.82. The second-order valence-electron chi connectivity index (χ2n) is 7.40. The van der Waals surface area contributed by atoms with Gasteiger partial charge in [0, 0.05) is 17.9 Å². The van der Waals surface area contributed by atoms with Gasteiger partial charge in [-0.3, -0.25) is 9.69 Å². The summed E-state index contributed by atoms with van der Waals surface area (Å²) >= 11 is 0. The third-order valence-electron chi connectivity index (χ3n) is 6.50. The maximum Gasteiger partial charge on any atom is 0.138 e. The molecule has 0 aromatic heterocycles. The van der Waals surface area contributed by atoms with Crippen LogP contribution in [0.5, 0.6) is 0 Å². The molecule has 1 spiro atoms. The smallest absolute Gasteiger partial charge is 0.138 e. The van der Waals surface area contributed by atoms with Crippen LogP contribution in [0.1, 0.15) is 51.9 Å². The SMILES string of the molecule is C[C@H]1C[C@H]2CC(=O)C3CCCN4CCC[C@H]2[C@]34C1. The third-order valence-corrected chi connectivity index (χ3v) is 6.50. The van der Waals surface area contributed by atoms with E-state index in [1.807, 2.05) is 0 Å². The highest BCUT2D eigenvalue weighted by Gasteiger charge is 2.62. The van der Waals surface area contributed by atoms with Gasteiger partial charge in [-0.05, 0) is 69.4 Å². The summed E-state index contributed by atoms with van der Waals surface area (Å²) < 4.78 is 0. The number of rotatable bonds is 0. The van der Waals surface area contributed by atoms with E-state index >= 15 is 0 Å². The van der Waals surface area contributed by atoms with Gasteiger partial charge in [-0.25, -0.2) is 0 Å². The molecule has 2 aliphatic carbocycles. The van der Waals surface area contributed by atoms with E-state index in [4.69, 9.17) is 0 Å². The molecule has 0 amide bonds. The van der Waals surface area contributed by atoms with Gasteiger partial charge >= 0.3 is 0 Å². The molecule has 5 atom stereocenters. The van der Waals surface area contributed by atoms with E-state index in [2.05, 4.69) is 11.8 Å². The van der Waals surface area contributed by atoms with Crippen molar-refractivity contribution < 1.29 is 4.79 Å². The molecule has 0 aromatic carbocycles. The van der Waals surface area contributed by atoms with Gasteiger partial charge in [0.1, 0.15) is 5.78 Å². The van der Waals surface area contributed by atoms with Crippen molar-refractivity contribution in [1.29, 1.82) is 0 Å². The van der Waals surface area contributed by atoms with E-state index in [0.29, 0.717) is 17.2 Å². The van der Waals surface area contributed by atoms with Crippen LogP contribution in [0.25, 0.3) is 0 Å². The van der Waals surface area contributed by atoms with Crippen molar-refractivity contribution in [3.8, 4) is 0 Å². The van der Waals surface area contributed by atoms with Crippen LogP contribution in [0.15, 0.2) is 0 Å². The minimum Gasteiger partial charge on any atom is -0.299 e. The van der Waals surface area contributed by atoms with Crippen molar-refractivity contribution in [3.05, 3.63) is 0 Å². The van der Waals surface area contributed by atoms with Gasteiger partial charge < -0.3 is 0 Å². The van der Waals surface area contributed by atoms with Crippen LogP contribution in [0, 0.1) is 23.7 Å². The van der Waals surface area contributed by atoms with Crippen molar-refractivity contribution in [3.63, 3.8) is 0 Å². The predicted octanol–water partition coefficient (Wildman–Crippen LogP) is 2.87. The Kier molecular flexibility index (Phi) is 2.43. The quantitative estimate of drug-likeness (QED) is 0.656. The molecule has 0 N–H and O–H groups in total. The molecular formula is C16H25NO. The normalized spacial score (nSPS) is 51.9. The summed E-state index contributed by atoms with van der Waals surface area (Å²) in [5.41, 5.74) is 0.314. The fourth-order valence-corrected chi connectivity index (χ4v) is 6.18. The summed E-state index contributed by atoms with van der Waals surface area (Å²) in [6, 6.07) is 0. The molecule has 2 saturated heterocycles. The lowest BCUT2D eigenvalue weighted by atomic mass is 9.48. The molecule has 0 radical (unpaired) electrons. The molecule has 4 aliphatic rings. The first-order valence-corrected chi connectivity index (χ1v) is 7.99. The number of hydrogen-bond acceptors (Lipinski definition) is 2. The zero-order chi connectivity index (χ0) is 12.3. The standard InChI is InChI=1S/C16H25NO/c1-11-8-12-9-15(18)14-5-3-7-17-6-2-4-13(12)16(14,17)10-11/h11-14H,2-10H2,1H3/t11-,12-,13+,14?,16+/m0/s1. The minimum atomic E-state index is 0.314. The van der Waals surface area contributed by atoms with Gasteiger partial charge in [0.25, 0.3) is 0 Å². The second-order valence-corrected chi connectivity index (χ2v) is 7.40. The summed E-state index contributed by atoms with van der Waals surface area (Å²) in [5, 5.41) is 0. The molecule has 4 fully saturated rings. The van der Waals surface area contributed by atoms with Gasteiger partial charge in [-0.2, -0.15) is 0 Å². The Morgan fingerprint density at radius 2 is 2.00 bits per heavy atom. The molecule has 2 heterocycles. The van der Waals surface area contributed by atoms with Gasteiger partial charge in [-0.1, -0.05) is 6.92 Å². The first-order valence-electron chi connectivity index (χ1n) is 7.99. The summed E-state index contributed by atoms with van der Waals surface area (Å²) in [6.07, 6.45) is 8.75. The summed E-state index contributed by atoms with van der Waals surface area (Å²) in [6.45, 7) is 4.95. The van der Waals surface area contributed by atoms with Gasteiger partial charge in [0.05, 0.1) is 0 Å². The lowest BCUT2D eigenvalue weighted by Gasteiger charge is -2.65. The molecule has 18 heavy (non-hydrogen) atoms. The number of carbonyl (C=O) groups excluding carboxylic acids is 1. The Morgan fingerprint density at radius 1 is 1.22 bits per heavy atom. The molecule has 2 nitrogen and oxygen atoms in total. The van der Waals surface area contributed by atoms with Crippen LogP contribution in [0.3, 0.4) is 0 Å². The zero-order valence-electron chi connectivity index (χ0n) is 11.5. The predicted molar refractivity (Wildman–Crippen MR) is 71.3 cm³/mol. The van der Waals surface area contributed by atoms with Crippen molar-refractivity contribution in [2.75, 3.05) is 13.1 Å². The average molecular weight is 247 g/mol. The highest BCUT2D eigenvalue weighted by atomic mass is 16.1. The first-order chi connectivity index (χ1) is 8.72. The van der Waals surface area contributed by atoms with Crippen LogP contribution in [-0.2, 0) is 4.79 Å². The number of Topliss-reactive ketones (excluding diaryl/α,β-unsaturated/α-hetero) is 1. The molecule has 2 saturated carbocycles. The van der Waals surface area contributed by atoms with Crippen molar-refractivity contribution in [1.82, 2.24) is 4.90 Å². The van der Waals surface area contributed by atoms with Crippen molar-refractivity contribution in [2.24, 2.45) is 23.7 Å². The highest BCUT2D eigenvalue weighted by Crippen LogP contribution is 2.59. The van der Waals surface area contributed by atoms with Crippen LogP contribution in [-0.4, -0.2) is 29.3 Å². The van der Waals surface area contributed by atoms with Crippen molar-refractivity contribution >= 4 is 5.78 Å². The summed E-state index contributed by atoms with van der Waals surface area (Å²) in [4.78, 5) is 15.3. The maximum atomic E-state index is 12.5. The van der Waals surface area contributed by atoms with E-state index in [0.717, 1.165) is 24.2 Å². The number of carbonyl (C=O) groups is 1. The van der Waals surface area contributed by atoms with E-state index in [-0.39, 0.29) is 0 Å². The van der Waals surface area contributed by atoms with E-state index in [1.54, 1.807) is 0 Å². The van der Waals surface area contributed by atoms with Gasteiger partial charge in [0.2, 0.25) is 0 Å². The minimum absolute atomic E-state index is 0.314. The van der Waals surface area contributed by atoms with E-state index < -0.39 is 0 Å². The lowest BCUT2D eigenvalue weighted by Crippen LogP contribution is -2.71. The number of nitrogens with zero attached hydrogens (tertiary/aromatic N) is 1. The van der Waals surface area contributed by atoms with Crippen molar-refractivity contribution in [2.45, 2.75) is 57.4 Å². The van der Waals surface area contributed by atoms with E-state index in [9.17, 15) is 4.79 Å². The zero-order valence-corrected chi connectivity index (χ0v) is 11.5. The van der Waals surface area contributed by atoms with Crippen LogP contribution in [0.4, 0.5) is 0 Å². The Hall–Kier alpha value is -0.370. The van der Waals surface area contributed by atoms with Crippen LogP contribution >= 0.6 is 0 Å². The molecular weight excluding hydrogens is 222 g/mol. The molecule has 2 aliphatic heterocycles. The molecule has 0 aromatic rings. The molecule has 1 unspecified atom stereocenters.